The van der Waals surface area contributed by atoms with Gasteiger partial charge >= 0.3 is 0 Å². The summed E-state index contributed by atoms with van der Waals surface area (Å²) >= 11 is 13.6. The largest absolute Gasteiger partial charge is 0.311 e. The Morgan fingerprint density at radius 3 is 2.73 bits per heavy atom. The van der Waals surface area contributed by atoms with Crippen LogP contribution in [0.1, 0.15) is 6.42 Å². The third-order valence-electron chi connectivity index (χ3n) is 2.26. The molecule has 5 heteroatoms. The summed E-state index contributed by atoms with van der Waals surface area (Å²) in [5.74, 6) is 0.101. The van der Waals surface area contributed by atoms with Gasteiger partial charge in [-0.3, -0.25) is 4.79 Å². The van der Waals surface area contributed by atoms with Gasteiger partial charge in [-0.1, -0.05) is 27.5 Å². The molecule has 0 bridgehead atoms. The van der Waals surface area contributed by atoms with Crippen LogP contribution in [-0.2, 0) is 4.79 Å². The molecule has 2 nitrogen and oxygen atoms in total. The van der Waals surface area contributed by atoms with Gasteiger partial charge in [0.15, 0.2) is 0 Å². The maximum atomic E-state index is 11.6. The van der Waals surface area contributed by atoms with Crippen molar-refractivity contribution in [1.29, 1.82) is 0 Å². The van der Waals surface area contributed by atoms with Crippen molar-refractivity contribution in [3.8, 4) is 0 Å². The lowest BCUT2D eigenvalue weighted by Crippen LogP contribution is -2.24. The lowest BCUT2D eigenvalue weighted by molar-refractivity contribution is -0.117. The Labute approximate surface area is 107 Å². The lowest BCUT2D eigenvalue weighted by atomic mass is 10.3. The number of benzene rings is 1. The highest BCUT2D eigenvalue weighted by atomic mass is 79.9. The van der Waals surface area contributed by atoms with Crippen molar-refractivity contribution in [2.24, 2.45) is 0 Å². The predicted molar refractivity (Wildman–Crippen MR) is 68.9 cm³/mol. The Bertz CT molecular complexity index is 392. The van der Waals surface area contributed by atoms with Crippen molar-refractivity contribution in [1.82, 2.24) is 0 Å². The second-order valence-electron chi connectivity index (χ2n) is 3.49. The van der Waals surface area contributed by atoms with Gasteiger partial charge in [0.2, 0.25) is 5.91 Å². The first-order chi connectivity index (χ1) is 7.06. The first-order valence-corrected chi connectivity index (χ1v) is 6.19. The van der Waals surface area contributed by atoms with E-state index in [9.17, 15) is 4.79 Å². The molecule has 0 aliphatic carbocycles. The molecule has 0 N–H and O–H groups in total. The number of amides is 1. The van der Waals surface area contributed by atoms with E-state index in [1.165, 1.54) is 0 Å². The highest BCUT2D eigenvalue weighted by Crippen LogP contribution is 2.29. The number of carbonyl (C=O) groups is 1. The number of thiol groups is 1. The summed E-state index contributed by atoms with van der Waals surface area (Å²) in [6.07, 6.45) is 0.493. The molecule has 1 unspecified atom stereocenters. The van der Waals surface area contributed by atoms with Crippen molar-refractivity contribution in [2.45, 2.75) is 11.7 Å². The normalized spacial score (nSPS) is 21.1. The first kappa shape index (κ1) is 11.3. The smallest absolute Gasteiger partial charge is 0.228 e. The molecule has 0 saturated carbocycles. The van der Waals surface area contributed by atoms with Gasteiger partial charge < -0.3 is 4.90 Å². The van der Waals surface area contributed by atoms with E-state index in [2.05, 4.69) is 28.6 Å². The highest BCUT2D eigenvalue weighted by molar-refractivity contribution is 9.10. The molecule has 1 fully saturated rings. The Kier molecular flexibility index (Phi) is 3.28. The average Bonchev–Trinajstić information content (AvgIpc) is 2.43. The molecule has 1 saturated heterocycles. The molecule has 2 rings (SSSR count). The summed E-state index contributed by atoms with van der Waals surface area (Å²) in [5, 5.41) is 0.741. The molecule has 0 aromatic heterocycles. The molecule has 1 aromatic carbocycles. The van der Waals surface area contributed by atoms with Gasteiger partial charge in [-0.25, -0.2) is 0 Å². The first-order valence-electron chi connectivity index (χ1n) is 4.51. The zero-order valence-electron chi connectivity index (χ0n) is 7.78. The van der Waals surface area contributed by atoms with Gasteiger partial charge in [-0.05, 0) is 18.2 Å². The summed E-state index contributed by atoms with van der Waals surface area (Å²) in [5.41, 5.74) is 0.830. The minimum atomic E-state index is 0.101. The summed E-state index contributed by atoms with van der Waals surface area (Å²) in [7, 11) is 0. The number of rotatable bonds is 1. The maximum Gasteiger partial charge on any atom is 0.228 e. The zero-order valence-corrected chi connectivity index (χ0v) is 11.0. The Balaban J connectivity index is 2.33. The monoisotopic (exact) mass is 305 g/mol. The second-order valence-corrected chi connectivity index (χ2v) is 5.57. The van der Waals surface area contributed by atoms with Crippen LogP contribution in [0.15, 0.2) is 22.7 Å². The van der Waals surface area contributed by atoms with Crippen LogP contribution in [0, 0.1) is 0 Å². The molecular weight excluding hydrogens is 298 g/mol. The van der Waals surface area contributed by atoms with E-state index in [0.29, 0.717) is 18.0 Å². The van der Waals surface area contributed by atoms with Gasteiger partial charge in [-0.2, -0.15) is 12.6 Å². The fraction of sp³-hybridized carbons (Fsp3) is 0.300. The molecule has 1 aromatic rings. The highest BCUT2D eigenvalue weighted by Gasteiger charge is 2.28. The second kappa shape index (κ2) is 4.36. The van der Waals surface area contributed by atoms with E-state index in [4.69, 9.17) is 11.6 Å². The third-order valence-corrected chi connectivity index (χ3v) is 3.29. The van der Waals surface area contributed by atoms with Crippen LogP contribution in [0.25, 0.3) is 0 Å². The van der Waals surface area contributed by atoms with Crippen LogP contribution < -0.4 is 4.90 Å². The maximum absolute atomic E-state index is 11.6. The van der Waals surface area contributed by atoms with Crippen molar-refractivity contribution < 1.29 is 4.79 Å². The summed E-state index contributed by atoms with van der Waals surface area (Å²) in [6, 6.07) is 5.47. The third kappa shape index (κ3) is 2.49. The van der Waals surface area contributed by atoms with E-state index in [1.54, 1.807) is 17.0 Å². The lowest BCUT2D eigenvalue weighted by Gasteiger charge is -2.16. The Morgan fingerprint density at radius 2 is 2.20 bits per heavy atom. The van der Waals surface area contributed by atoms with E-state index >= 15 is 0 Å². The fourth-order valence-corrected chi connectivity index (χ4v) is 2.80. The standard InChI is InChI=1S/C10H9BrClNOS/c11-6-1-7(12)3-8(2-6)13-5-9(15)4-10(13)14/h1-3,9,15H,4-5H2. The van der Waals surface area contributed by atoms with E-state index < -0.39 is 0 Å². The molecule has 1 aliphatic rings. The molecular formula is C10H9BrClNOS. The molecule has 1 heterocycles. The van der Waals surface area contributed by atoms with Crippen LogP contribution in [-0.4, -0.2) is 17.7 Å². The molecule has 80 valence electrons. The molecule has 1 aliphatic heterocycles. The molecule has 1 atom stereocenters. The molecule has 1 amide bonds. The van der Waals surface area contributed by atoms with Crippen LogP contribution in [0.4, 0.5) is 5.69 Å². The van der Waals surface area contributed by atoms with Crippen molar-refractivity contribution in [2.75, 3.05) is 11.4 Å². The van der Waals surface area contributed by atoms with Crippen molar-refractivity contribution in [3.63, 3.8) is 0 Å². The Morgan fingerprint density at radius 1 is 1.47 bits per heavy atom. The minimum absolute atomic E-state index is 0.101. The van der Waals surface area contributed by atoms with E-state index in [1.807, 2.05) is 6.07 Å². The zero-order chi connectivity index (χ0) is 11.0. The van der Waals surface area contributed by atoms with Crippen LogP contribution >= 0.6 is 40.2 Å². The summed E-state index contributed by atoms with van der Waals surface area (Å²) < 4.78 is 0.875. The van der Waals surface area contributed by atoms with Crippen molar-refractivity contribution >= 4 is 51.8 Å². The average molecular weight is 307 g/mol. The fourth-order valence-electron chi connectivity index (χ4n) is 1.63. The van der Waals surface area contributed by atoms with E-state index in [0.717, 1.165) is 10.2 Å². The van der Waals surface area contributed by atoms with Crippen LogP contribution in [0.2, 0.25) is 5.02 Å². The van der Waals surface area contributed by atoms with Gasteiger partial charge in [0.05, 0.1) is 0 Å². The van der Waals surface area contributed by atoms with Gasteiger partial charge in [0.1, 0.15) is 0 Å². The Hall–Kier alpha value is -0.190. The molecule has 0 spiro atoms. The summed E-state index contributed by atoms with van der Waals surface area (Å²) in [6.45, 7) is 0.648. The predicted octanol–water partition coefficient (Wildman–Crippen LogP) is 3.14. The molecule has 0 radical (unpaired) electrons. The van der Waals surface area contributed by atoms with Gasteiger partial charge in [0.25, 0.3) is 0 Å². The van der Waals surface area contributed by atoms with Crippen LogP contribution in [0.3, 0.4) is 0 Å². The number of hydrogen-bond acceptors (Lipinski definition) is 2. The summed E-state index contributed by atoms with van der Waals surface area (Å²) in [4.78, 5) is 13.3. The minimum Gasteiger partial charge on any atom is -0.311 e. The number of hydrogen-bond donors (Lipinski definition) is 1. The number of anilines is 1. The van der Waals surface area contributed by atoms with E-state index in [-0.39, 0.29) is 11.2 Å². The SMILES string of the molecule is O=C1CC(S)CN1c1cc(Cl)cc(Br)c1. The number of halogens is 2. The van der Waals surface area contributed by atoms with Crippen LogP contribution in [0.5, 0.6) is 0 Å². The topological polar surface area (TPSA) is 20.3 Å². The quantitative estimate of drug-likeness (QED) is 0.790. The van der Waals surface area contributed by atoms with Gasteiger partial charge in [0, 0.05) is 33.4 Å². The molecule has 15 heavy (non-hydrogen) atoms. The number of carbonyl (C=O) groups excluding carboxylic acids is 1. The van der Waals surface area contributed by atoms with Gasteiger partial charge in [-0.15, -0.1) is 0 Å². The number of nitrogens with zero attached hydrogens (tertiary/aromatic N) is 1. The van der Waals surface area contributed by atoms with Crippen molar-refractivity contribution in [3.05, 3.63) is 27.7 Å².